The van der Waals surface area contributed by atoms with E-state index < -0.39 is 11.9 Å². The summed E-state index contributed by atoms with van der Waals surface area (Å²) >= 11 is 0. The molecule has 2 aromatic rings. The number of carboxylic acid groups (broad SMARTS) is 2. The summed E-state index contributed by atoms with van der Waals surface area (Å²) in [5.74, 6) is -2.03. The number of ether oxygens (including phenoxy) is 2. The van der Waals surface area contributed by atoms with E-state index in [1.54, 1.807) is 0 Å². The first-order valence-electron chi connectivity index (χ1n) is 9.56. The molecule has 0 unspecified atom stereocenters. The molecule has 0 spiro atoms. The summed E-state index contributed by atoms with van der Waals surface area (Å²) in [7, 11) is 2.76. The zero-order chi connectivity index (χ0) is 22.3. The van der Waals surface area contributed by atoms with Crippen LogP contribution in [0, 0.1) is 0 Å². The molecule has 4 N–H and O–H groups in total. The number of phenols is 2. The molecule has 0 aliphatic carbocycles. The third kappa shape index (κ3) is 5.14. The van der Waals surface area contributed by atoms with Gasteiger partial charge >= 0.3 is 11.9 Å². The summed E-state index contributed by atoms with van der Waals surface area (Å²) in [4.78, 5) is 22.9. The fraction of sp³-hybridized carbons (Fsp3) is 0.364. The molecular formula is C22H26O8. The van der Waals surface area contributed by atoms with Gasteiger partial charge < -0.3 is 29.9 Å². The molecule has 8 heteroatoms. The van der Waals surface area contributed by atoms with Crippen molar-refractivity contribution in [1.29, 1.82) is 0 Å². The van der Waals surface area contributed by atoms with Crippen molar-refractivity contribution in [3.8, 4) is 23.0 Å². The van der Waals surface area contributed by atoms with Crippen LogP contribution in [0.4, 0.5) is 0 Å². The van der Waals surface area contributed by atoms with E-state index in [9.17, 15) is 30.0 Å². The van der Waals surface area contributed by atoms with Crippen LogP contribution >= 0.6 is 0 Å². The van der Waals surface area contributed by atoms with E-state index in [2.05, 4.69) is 0 Å². The van der Waals surface area contributed by atoms with E-state index in [4.69, 9.17) is 9.47 Å². The molecule has 0 saturated carbocycles. The third-order valence-corrected chi connectivity index (χ3v) is 4.95. The summed E-state index contributed by atoms with van der Waals surface area (Å²) in [5.41, 5.74) is 1.10. The highest BCUT2D eigenvalue weighted by atomic mass is 16.5. The largest absolute Gasteiger partial charge is 0.504 e. The first kappa shape index (κ1) is 22.9. The highest BCUT2D eigenvalue weighted by Crippen LogP contribution is 2.35. The Morgan fingerprint density at radius 1 is 0.700 bits per heavy atom. The van der Waals surface area contributed by atoms with Crippen molar-refractivity contribution in [3.05, 3.63) is 46.5 Å². The Labute approximate surface area is 174 Å². The Hall–Kier alpha value is -3.42. The number of aromatic hydroxyl groups is 2. The second kappa shape index (κ2) is 10.4. The van der Waals surface area contributed by atoms with Crippen LogP contribution < -0.4 is 9.47 Å². The predicted octanol–water partition coefficient (Wildman–Crippen LogP) is 3.86. The number of unbranched alkanes of at least 4 members (excludes halogenated alkanes) is 3. The molecule has 0 amide bonds. The van der Waals surface area contributed by atoms with Gasteiger partial charge in [-0.15, -0.1) is 0 Å². The molecule has 30 heavy (non-hydrogen) atoms. The van der Waals surface area contributed by atoms with Gasteiger partial charge in [-0.25, -0.2) is 9.59 Å². The quantitative estimate of drug-likeness (QED) is 0.404. The number of phenolic OH excluding ortho intramolecular Hbond substituents is 2. The normalized spacial score (nSPS) is 10.6. The number of carboxylic acids is 2. The molecule has 0 fully saturated rings. The van der Waals surface area contributed by atoms with Gasteiger partial charge in [0.15, 0.2) is 23.0 Å². The van der Waals surface area contributed by atoms with Crippen LogP contribution in [0.2, 0.25) is 0 Å². The van der Waals surface area contributed by atoms with Gasteiger partial charge in [0, 0.05) is 11.1 Å². The van der Waals surface area contributed by atoms with Gasteiger partial charge in [-0.3, -0.25) is 0 Å². The van der Waals surface area contributed by atoms with Gasteiger partial charge in [-0.1, -0.05) is 12.8 Å². The van der Waals surface area contributed by atoms with Crippen LogP contribution in [0.15, 0.2) is 24.3 Å². The number of rotatable bonds is 11. The van der Waals surface area contributed by atoms with Gasteiger partial charge in [0.05, 0.1) is 25.3 Å². The zero-order valence-corrected chi connectivity index (χ0v) is 17.0. The number of hydrogen-bond donors (Lipinski definition) is 4. The van der Waals surface area contributed by atoms with Crippen LogP contribution in [0.5, 0.6) is 23.0 Å². The topological polar surface area (TPSA) is 134 Å². The fourth-order valence-corrected chi connectivity index (χ4v) is 3.54. The highest BCUT2D eigenvalue weighted by Gasteiger charge is 2.19. The van der Waals surface area contributed by atoms with E-state index >= 15 is 0 Å². The van der Waals surface area contributed by atoms with Gasteiger partial charge in [0.2, 0.25) is 0 Å². The average Bonchev–Trinajstić information content (AvgIpc) is 2.70. The van der Waals surface area contributed by atoms with Crippen LogP contribution in [-0.4, -0.2) is 46.6 Å². The van der Waals surface area contributed by atoms with Gasteiger partial charge in [-0.05, 0) is 49.9 Å². The Kier molecular flexibility index (Phi) is 7.91. The summed E-state index contributed by atoms with van der Waals surface area (Å²) in [6, 6.07) is 5.32. The minimum absolute atomic E-state index is 0.0975. The summed E-state index contributed by atoms with van der Waals surface area (Å²) in [5, 5.41) is 38.6. The maximum atomic E-state index is 11.5. The molecule has 2 rings (SSSR count). The predicted molar refractivity (Wildman–Crippen MR) is 109 cm³/mol. The molecule has 0 aliphatic rings. The summed E-state index contributed by atoms with van der Waals surface area (Å²) in [6.07, 6.45) is 3.72. The third-order valence-electron chi connectivity index (χ3n) is 4.95. The molecule has 162 valence electrons. The molecule has 0 radical (unpaired) electrons. The zero-order valence-electron chi connectivity index (χ0n) is 17.0. The number of methoxy groups -OCH3 is 2. The minimum Gasteiger partial charge on any atom is -0.504 e. The van der Waals surface area contributed by atoms with Gasteiger partial charge in [0.25, 0.3) is 0 Å². The van der Waals surface area contributed by atoms with Crippen molar-refractivity contribution in [2.24, 2.45) is 0 Å². The highest BCUT2D eigenvalue weighted by molar-refractivity contribution is 5.91. The minimum atomic E-state index is -1.08. The lowest BCUT2D eigenvalue weighted by atomic mass is 9.97. The molecule has 0 aliphatic heterocycles. The van der Waals surface area contributed by atoms with Crippen molar-refractivity contribution >= 4 is 11.9 Å². The van der Waals surface area contributed by atoms with E-state index in [0.29, 0.717) is 36.8 Å². The number of aromatic carboxylic acids is 2. The molecule has 8 nitrogen and oxygen atoms in total. The smallest absolute Gasteiger partial charge is 0.336 e. The van der Waals surface area contributed by atoms with Crippen molar-refractivity contribution in [3.63, 3.8) is 0 Å². The maximum absolute atomic E-state index is 11.5. The Bertz CT molecular complexity index is 844. The van der Waals surface area contributed by atoms with Crippen LogP contribution in [0.25, 0.3) is 0 Å². The second-order valence-corrected chi connectivity index (χ2v) is 6.81. The van der Waals surface area contributed by atoms with Gasteiger partial charge in [0.1, 0.15) is 0 Å². The Morgan fingerprint density at radius 3 is 1.37 bits per heavy atom. The number of hydrogen-bond acceptors (Lipinski definition) is 6. The molecule has 0 saturated heterocycles. The lowest BCUT2D eigenvalue weighted by Gasteiger charge is -2.14. The summed E-state index contributed by atoms with van der Waals surface area (Å²) in [6.45, 7) is 0. The SMILES string of the molecule is COc1c(O)ccc(C(=O)O)c1CCCCCCc1c(C(=O)O)ccc(O)c1OC. The summed E-state index contributed by atoms with van der Waals surface area (Å²) < 4.78 is 10.3. The Morgan fingerprint density at radius 2 is 1.07 bits per heavy atom. The monoisotopic (exact) mass is 418 g/mol. The number of benzene rings is 2. The lowest BCUT2D eigenvalue weighted by molar-refractivity contribution is 0.0684. The first-order chi connectivity index (χ1) is 14.3. The standard InChI is InChI=1S/C22H26O8/c1-29-19-13(15(21(25)26)9-11-17(19)23)7-5-3-4-6-8-14-16(22(27)28)10-12-18(24)20(14)30-2/h9-12,23-24H,3-8H2,1-2H3,(H,25,26)(H,27,28). The number of carbonyl (C=O) groups is 2. The van der Waals surface area contributed by atoms with E-state index in [-0.39, 0.29) is 34.1 Å². The Balaban J connectivity index is 1.99. The molecule has 0 bridgehead atoms. The van der Waals surface area contributed by atoms with Crippen molar-refractivity contribution < 1.29 is 39.5 Å². The van der Waals surface area contributed by atoms with E-state index in [0.717, 1.165) is 12.8 Å². The first-order valence-corrected chi connectivity index (χ1v) is 9.56. The molecule has 0 atom stereocenters. The van der Waals surface area contributed by atoms with Gasteiger partial charge in [-0.2, -0.15) is 0 Å². The van der Waals surface area contributed by atoms with E-state index in [1.807, 2.05) is 0 Å². The van der Waals surface area contributed by atoms with Crippen LogP contribution in [-0.2, 0) is 12.8 Å². The van der Waals surface area contributed by atoms with Crippen LogP contribution in [0.1, 0.15) is 57.5 Å². The average molecular weight is 418 g/mol. The van der Waals surface area contributed by atoms with Crippen molar-refractivity contribution in [1.82, 2.24) is 0 Å². The molecule has 2 aromatic carbocycles. The van der Waals surface area contributed by atoms with Crippen molar-refractivity contribution in [2.45, 2.75) is 38.5 Å². The van der Waals surface area contributed by atoms with E-state index in [1.165, 1.54) is 38.5 Å². The molecule has 0 aromatic heterocycles. The second-order valence-electron chi connectivity index (χ2n) is 6.81. The maximum Gasteiger partial charge on any atom is 0.336 e. The molecular weight excluding hydrogens is 392 g/mol. The fourth-order valence-electron chi connectivity index (χ4n) is 3.54. The van der Waals surface area contributed by atoms with Crippen LogP contribution in [0.3, 0.4) is 0 Å². The van der Waals surface area contributed by atoms with Crippen molar-refractivity contribution in [2.75, 3.05) is 14.2 Å². The lowest BCUT2D eigenvalue weighted by Crippen LogP contribution is -2.06. The molecule has 0 heterocycles.